The van der Waals surface area contributed by atoms with Crippen LogP contribution in [0.3, 0.4) is 0 Å². The smallest absolute Gasteiger partial charge is 0.306 e. The van der Waals surface area contributed by atoms with Crippen molar-refractivity contribution in [1.82, 2.24) is 20.4 Å². The number of esters is 2. The lowest BCUT2D eigenvalue weighted by molar-refractivity contribution is -0.141. The van der Waals surface area contributed by atoms with Gasteiger partial charge in [-0.2, -0.15) is 0 Å². The topological polar surface area (TPSA) is 117 Å². The van der Waals surface area contributed by atoms with Crippen LogP contribution in [-0.2, 0) is 28.7 Å². The molecular formula is C18H32N4O6. The van der Waals surface area contributed by atoms with Crippen molar-refractivity contribution in [2.45, 2.75) is 25.7 Å². The Balaban J connectivity index is 2.59. The van der Waals surface area contributed by atoms with Crippen LogP contribution in [0.25, 0.3) is 0 Å². The highest BCUT2D eigenvalue weighted by Gasteiger charge is 2.16. The van der Waals surface area contributed by atoms with Crippen LogP contribution in [0.5, 0.6) is 0 Å². The van der Waals surface area contributed by atoms with Gasteiger partial charge in [0.25, 0.3) is 0 Å². The summed E-state index contributed by atoms with van der Waals surface area (Å²) in [6, 6.07) is 0. The molecule has 0 aromatic heterocycles. The van der Waals surface area contributed by atoms with Crippen molar-refractivity contribution < 1.29 is 28.7 Å². The summed E-state index contributed by atoms with van der Waals surface area (Å²) >= 11 is 0. The third kappa shape index (κ3) is 10.8. The van der Waals surface area contributed by atoms with E-state index in [-0.39, 0.29) is 36.6 Å². The normalized spacial score (nSPS) is 16.7. The lowest BCUT2D eigenvalue weighted by Crippen LogP contribution is -2.39. The van der Waals surface area contributed by atoms with E-state index in [1.54, 1.807) is 0 Å². The second-order valence-electron chi connectivity index (χ2n) is 6.54. The molecule has 2 amide bonds. The van der Waals surface area contributed by atoms with Crippen LogP contribution >= 0.6 is 0 Å². The fourth-order valence-corrected chi connectivity index (χ4v) is 2.76. The summed E-state index contributed by atoms with van der Waals surface area (Å²) in [5, 5.41) is 5.54. The van der Waals surface area contributed by atoms with E-state index >= 15 is 0 Å². The molecule has 0 aromatic carbocycles. The van der Waals surface area contributed by atoms with Gasteiger partial charge < -0.3 is 29.9 Å². The van der Waals surface area contributed by atoms with Gasteiger partial charge in [-0.25, -0.2) is 0 Å². The minimum atomic E-state index is -0.313. The molecule has 0 unspecified atom stereocenters. The highest BCUT2D eigenvalue weighted by atomic mass is 16.5. The molecule has 0 aliphatic carbocycles. The Hall–Kier alpha value is -2.20. The minimum Gasteiger partial charge on any atom is -0.469 e. The van der Waals surface area contributed by atoms with Gasteiger partial charge >= 0.3 is 11.9 Å². The van der Waals surface area contributed by atoms with E-state index in [0.717, 1.165) is 0 Å². The second-order valence-corrected chi connectivity index (χ2v) is 6.54. The highest BCUT2D eigenvalue weighted by molar-refractivity contribution is 5.77. The lowest BCUT2D eigenvalue weighted by Gasteiger charge is -2.27. The molecule has 0 aromatic rings. The first kappa shape index (κ1) is 23.8. The number of carbonyl (C=O) groups excluding carboxylic acids is 4. The number of hydrogen-bond donors (Lipinski definition) is 2. The van der Waals surface area contributed by atoms with Gasteiger partial charge in [0.2, 0.25) is 11.8 Å². The number of ether oxygens (including phenoxy) is 2. The monoisotopic (exact) mass is 400 g/mol. The number of rotatable bonds is 9. The minimum absolute atomic E-state index is 0.0469. The Bertz CT molecular complexity index is 484. The maximum atomic E-state index is 11.8. The summed E-state index contributed by atoms with van der Waals surface area (Å²) in [7, 11) is 2.68. The summed E-state index contributed by atoms with van der Waals surface area (Å²) < 4.78 is 9.35. The number of methoxy groups -OCH3 is 2. The van der Waals surface area contributed by atoms with Gasteiger partial charge in [-0.1, -0.05) is 0 Å². The van der Waals surface area contributed by atoms with Crippen molar-refractivity contribution in [2.75, 3.05) is 66.6 Å². The molecule has 1 rings (SSSR count). The Morgan fingerprint density at radius 3 is 1.79 bits per heavy atom. The summed E-state index contributed by atoms with van der Waals surface area (Å²) in [5.41, 5.74) is 0. The van der Waals surface area contributed by atoms with E-state index in [9.17, 15) is 19.2 Å². The highest BCUT2D eigenvalue weighted by Crippen LogP contribution is 2.02. The van der Waals surface area contributed by atoms with Gasteiger partial charge in [0.05, 0.1) is 27.1 Å². The van der Waals surface area contributed by atoms with Crippen molar-refractivity contribution in [3.05, 3.63) is 0 Å². The van der Waals surface area contributed by atoms with Crippen molar-refractivity contribution >= 4 is 23.8 Å². The molecule has 1 aliphatic rings. The maximum absolute atomic E-state index is 11.8. The number of carbonyl (C=O) groups is 4. The van der Waals surface area contributed by atoms with Gasteiger partial charge in [-0.05, 0) is 0 Å². The van der Waals surface area contributed by atoms with E-state index in [4.69, 9.17) is 0 Å². The van der Waals surface area contributed by atoms with Crippen molar-refractivity contribution in [1.29, 1.82) is 0 Å². The summed E-state index contributed by atoms with van der Waals surface area (Å²) in [5.74, 6) is -0.720. The lowest BCUT2D eigenvalue weighted by atomic mass is 10.3. The zero-order valence-electron chi connectivity index (χ0n) is 16.8. The predicted octanol–water partition coefficient (Wildman–Crippen LogP) is -1.26. The molecule has 0 spiro atoms. The predicted molar refractivity (Wildman–Crippen MR) is 101 cm³/mol. The van der Waals surface area contributed by atoms with Gasteiger partial charge in [-0.3, -0.25) is 19.2 Å². The van der Waals surface area contributed by atoms with Gasteiger partial charge in [-0.15, -0.1) is 0 Å². The number of hydrogen-bond acceptors (Lipinski definition) is 8. The molecule has 10 nitrogen and oxygen atoms in total. The SMILES string of the molecule is COC(=O)CCN(CCC(=O)OC)CCN1CCC(=O)NCCNC(=O)CC1. The Morgan fingerprint density at radius 2 is 1.36 bits per heavy atom. The largest absolute Gasteiger partial charge is 0.469 e. The Morgan fingerprint density at radius 1 is 0.893 bits per heavy atom. The molecule has 28 heavy (non-hydrogen) atoms. The van der Waals surface area contributed by atoms with Crippen LogP contribution in [0.4, 0.5) is 0 Å². The molecule has 1 saturated heterocycles. The van der Waals surface area contributed by atoms with Crippen LogP contribution in [0.1, 0.15) is 25.7 Å². The van der Waals surface area contributed by atoms with Crippen LogP contribution in [0, 0.1) is 0 Å². The Labute approximate surface area is 165 Å². The van der Waals surface area contributed by atoms with Gasteiger partial charge in [0.1, 0.15) is 0 Å². The van der Waals surface area contributed by atoms with Gasteiger partial charge in [0.15, 0.2) is 0 Å². The van der Waals surface area contributed by atoms with E-state index in [0.29, 0.717) is 65.2 Å². The maximum Gasteiger partial charge on any atom is 0.306 e. The zero-order chi connectivity index (χ0) is 20.8. The molecule has 2 N–H and O–H groups in total. The van der Waals surface area contributed by atoms with Crippen molar-refractivity contribution in [2.24, 2.45) is 0 Å². The molecule has 0 radical (unpaired) electrons. The first-order valence-electron chi connectivity index (χ1n) is 9.56. The summed E-state index contributed by atoms with van der Waals surface area (Å²) in [6.07, 6.45) is 1.17. The number of nitrogens with zero attached hydrogens (tertiary/aromatic N) is 2. The number of nitrogens with one attached hydrogen (secondary N) is 2. The number of amides is 2. The van der Waals surface area contributed by atoms with E-state index in [1.807, 2.05) is 9.80 Å². The molecule has 160 valence electrons. The van der Waals surface area contributed by atoms with Crippen molar-refractivity contribution in [3.8, 4) is 0 Å². The molecule has 10 heteroatoms. The van der Waals surface area contributed by atoms with E-state index in [1.165, 1.54) is 14.2 Å². The van der Waals surface area contributed by atoms with E-state index in [2.05, 4.69) is 20.1 Å². The molecule has 0 bridgehead atoms. The molecule has 1 heterocycles. The van der Waals surface area contributed by atoms with E-state index < -0.39 is 0 Å². The zero-order valence-corrected chi connectivity index (χ0v) is 16.8. The third-order valence-corrected chi connectivity index (χ3v) is 4.53. The fourth-order valence-electron chi connectivity index (χ4n) is 2.76. The third-order valence-electron chi connectivity index (χ3n) is 4.53. The Kier molecular flexibility index (Phi) is 11.8. The summed E-state index contributed by atoms with van der Waals surface area (Å²) in [6.45, 7) is 4.07. The van der Waals surface area contributed by atoms with Crippen molar-refractivity contribution in [3.63, 3.8) is 0 Å². The first-order chi connectivity index (χ1) is 13.4. The quantitative estimate of drug-likeness (QED) is 0.461. The van der Waals surface area contributed by atoms with Crippen LogP contribution in [0.2, 0.25) is 0 Å². The molecular weight excluding hydrogens is 368 g/mol. The molecule has 1 fully saturated rings. The average Bonchev–Trinajstić information content (AvgIpc) is 2.73. The van der Waals surface area contributed by atoms with Crippen LogP contribution in [-0.4, -0.2) is 100 Å². The fraction of sp³-hybridized carbons (Fsp3) is 0.778. The first-order valence-corrected chi connectivity index (χ1v) is 9.56. The second kappa shape index (κ2) is 13.9. The summed E-state index contributed by atoms with van der Waals surface area (Å²) in [4.78, 5) is 50.6. The molecule has 0 saturated carbocycles. The van der Waals surface area contributed by atoms with Gasteiger partial charge in [0, 0.05) is 65.2 Å². The van der Waals surface area contributed by atoms with Crippen LogP contribution < -0.4 is 10.6 Å². The average molecular weight is 400 g/mol. The standard InChI is InChI=1S/C18H32N4O6/c1-27-17(25)5-11-22(12-6-18(26)28-2)14-13-21-9-3-15(23)19-7-8-20-16(24)4-10-21/h3-14H2,1-2H3,(H,19,23)(H,20,24). The molecule has 0 atom stereocenters. The van der Waals surface area contributed by atoms with Crippen LogP contribution in [0.15, 0.2) is 0 Å². The molecule has 1 aliphatic heterocycles.